The van der Waals surface area contributed by atoms with E-state index in [-0.39, 0.29) is 0 Å². The van der Waals surface area contributed by atoms with E-state index in [0.29, 0.717) is 5.82 Å². The van der Waals surface area contributed by atoms with Crippen LogP contribution in [-0.4, -0.2) is 9.97 Å². The van der Waals surface area contributed by atoms with Gasteiger partial charge < -0.3 is 4.42 Å². The number of nitrogens with zero attached hydrogens (tertiary/aromatic N) is 2. The maximum atomic E-state index is 6.47. The molecular formula is C48H28N2OS. The summed E-state index contributed by atoms with van der Waals surface area (Å²) in [5.41, 5.74) is 10.3. The van der Waals surface area contributed by atoms with Gasteiger partial charge in [-0.1, -0.05) is 127 Å². The average Bonchev–Trinajstić information content (AvgIpc) is 3.78. The Morgan fingerprint density at radius 3 is 1.94 bits per heavy atom. The second-order valence-corrected chi connectivity index (χ2v) is 14.4. The van der Waals surface area contributed by atoms with E-state index in [2.05, 4.69) is 158 Å². The van der Waals surface area contributed by atoms with Crippen molar-refractivity contribution < 1.29 is 4.42 Å². The molecule has 0 N–H and O–H groups in total. The summed E-state index contributed by atoms with van der Waals surface area (Å²) in [4.78, 5) is 10.8. The Kier molecular flexibility index (Phi) is 6.42. The topological polar surface area (TPSA) is 38.9 Å². The lowest BCUT2D eigenvalue weighted by Gasteiger charge is -2.10. The van der Waals surface area contributed by atoms with E-state index < -0.39 is 0 Å². The van der Waals surface area contributed by atoms with Gasteiger partial charge in [-0.2, -0.15) is 0 Å². The SMILES string of the molecule is c1ccc(-c2ccc3cc(-c4nc(-c5cccc6oc7ccc(-c8ccc9ccccc9c8)cc7c56)nc5c4sc4ccccc45)ccc3c2)cc1. The highest BCUT2D eigenvalue weighted by Gasteiger charge is 2.20. The van der Waals surface area contributed by atoms with Crippen LogP contribution >= 0.6 is 11.3 Å². The van der Waals surface area contributed by atoms with Crippen LogP contribution in [0.1, 0.15) is 0 Å². The number of rotatable bonds is 4. The molecule has 3 heterocycles. The number of fused-ring (bicyclic) bond motifs is 8. The molecule has 4 heteroatoms. The second-order valence-electron chi connectivity index (χ2n) is 13.4. The number of hydrogen-bond acceptors (Lipinski definition) is 4. The van der Waals surface area contributed by atoms with E-state index in [1.54, 1.807) is 11.3 Å². The molecule has 11 aromatic rings. The Morgan fingerprint density at radius 1 is 0.423 bits per heavy atom. The van der Waals surface area contributed by atoms with Crippen LogP contribution in [0.2, 0.25) is 0 Å². The zero-order chi connectivity index (χ0) is 34.2. The Morgan fingerprint density at radius 2 is 1.08 bits per heavy atom. The van der Waals surface area contributed by atoms with E-state index in [0.717, 1.165) is 59.9 Å². The van der Waals surface area contributed by atoms with Crippen LogP contribution in [-0.2, 0) is 0 Å². The number of benzene rings is 8. The van der Waals surface area contributed by atoms with Crippen molar-refractivity contribution in [1.29, 1.82) is 0 Å². The van der Waals surface area contributed by atoms with E-state index in [1.807, 2.05) is 12.1 Å². The molecule has 0 saturated carbocycles. The van der Waals surface area contributed by atoms with Crippen molar-refractivity contribution in [3.63, 3.8) is 0 Å². The van der Waals surface area contributed by atoms with Gasteiger partial charge in [0, 0.05) is 32.0 Å². The highest BCUT2D eigenvalue weighted by Crippen LogP contribution is 2.43. The third-order valence-electron chi connectivity index (χ3n) is 10.3. The monoisotopic (exact) mass is 680 g/mol. The van der Waals surface area contributed by atoms with Crippen molar-refractivity contribution in [3.05, 3.63) is 170 Å². The molecule has 242 valence electrons. The highest BCUT2D eigenvalue weighted by atomic mass is 32.1. The van der Waals surface area contributed by atoms with Crippen molar-refractivity contribution >= 4 is 75.1 Å². The van der Waals surface area contributed by atoms with Crippen molar-refractivity contribution in [2.24, 2.45) is 0 Å². The molecule has 0 spiro atoms. The molecule has 0 radical (unpaired) electrons. The molecule has 3 nitrogen and oxygen atoms in total. The smallest absolute Gasteiger partial charge is 0.161 e. The fourth-order valence-electron chi connectivity index (χ4n) is 7.67. The fourth-order valence-corrected chi connectivity index (χ4v) is 8.83. The number of thiophene rings is 1. The summed E-state index contributed by atoms with van der Waals surface area (Å²) in [7, 11) is 0. The van der Waals surface area contributed by atoms with E-state index in [4.69, 9.17) is 14.4 Å². The highest BCUT2D eigenvalue weighted by molar-refractivity contribution is 7.26. The lowest BCUT2D eigenvalue weighted by molar-refractivity contribution is 0.669. The van der Waals surface area contributed by atoms with Crippen LogP contribution in [0.4, 0.5) is 0 Å². The first-order chi connectivity index (χ1) is 25.7. The van der Waals surface area contributed by atoms with Gasteiger partial charge in [0.15, 0.2) is 5.82 Å². The summed E-state index contributed by atoms with van der Waals surface area (Å²) in [6, 6.07) is 60.3. The molecule has 11 rings (SSSR count). The molecule has 0 saturated heterocycles. The van der Waals surface area contributed by atoms with Crippen LogP contribution < -0.4 is 0 Å². The van der Waals surface area contributed by atoms with Gasteiger partial charge in [-0.3, -0.25) is 0 Å². The first kappa shape index (κ1) is 29.1. The quantitative estimate of drug-likeness (QED) is 0.186. The zero-order valence-corrected chi connectivity index (χ0v) is 28.7. The first-order valence-electron chi connectivity index (χ1n) is 17.5. The predicted octanol–water partition coefficient (Wildman–Crippen LogP) is 13.7. The number of furan rings is 1. The van der Waals surface area contributed by atoms with Gasteiger partial charge in [0.05, 0.1) is 15.9 Å². The summed E-state index contributed by atoms with van der Waals surface area (Å²) < 4.78 is 8.76. The van der Waals surface area contributed by atoms with Gasteiger partial charge in [-0.15, -0.1) is 11.3 Å². The van der Waals surface area contributed by atoms with E-state index in [9.17, 15) is 0 Å². The number of aromatic nitrogens is 2. The van der Waals surface area contributed by atoms with Crippen LogP contribution in [0.5, 0.6) is 0 Å². The summed E-state index contributed by atoms with van der Waals surface area (Å²) in [5.74, 6) is 0.690. The summed E-state index contributed by atoms with van der Waals surface area (Å²) >= 11 is 1.76. The normalized spacial score (nSPS) is 11.8. The lowest BCUT2D eigenvalue weighted by atomic mass is 9.98. The van der Waals surface area contributed by atoms with Gasteiger partial charge >= 0.3 is 0 Å². The Bertz CT molecular complexity index is 3190. The van der Waals surface area contributed by atoms with Crippen molar-refractivity contribution in [3.8, 4) is 44.9 Å². The maximum absolute atomic E-state index is 6.47. The molecule has 0 unspecified atom stereocenters. The second kappa shape index (κ2) is 11.5. The molecule has 0 aliphatic rings. The van der Waals surface area contributed by atoms with Crippen LogP contribution in [0, 0.1) is 0 Å². The minimum Gasteiger partial charge on any atom is -0.456 e. The minimum atomic E-state index is 0.690. The zero-order valence-electron chi connectivity index (χ0n) is 27.9. The molecule has 0 aliphatic heterocycles. The number of hydrogen-bond donors (Lipinski definition) is 0. The molecule has 52 heavy (non-hydrogen) atoms. The molecule has 8 aromatic carbocycles. The van der Waals surface area contributed by atoms with Crippen molar-refractivity contribution in [1.82, 2.24) is 9.97 Å². The molecule has 0 aliphatic carbocycles. The maximum Gasteiger partial charge on any atom is 0.161 e. The van der Waals surface area contributed by atoms with Crippen molar-refractivity contribution in [2.75, 3.05) is 0 Å². The molecule has 0 atom stereocenters. The molecule has 0 fully saturated rings. The molecule has 0 bridgehead atoms. The van der Waals surface area contributed by atoms with E-state index >= 15 is 0 Å². The molecular weight excluding hydrogens is 653 g/mol. The fraction of sp³-hybridized carbons (Fsp3) is 0. The van der Waals surface area contributed by atoms with Gasteiger partial charge in [0.2, 0.25) is 0 Å². The average molecular weight is 681 g/mol. The van der Waals surface area contributed by atoms with Gasteiger partial charge in [0.25, 0.3) is 0 Å². The van der Waals surface area contributed by atoms with Crippen LogP contribution in [0.3, 0.4) is 0 Å². The minimum absolute atomic E-state index is 0.690. The molecule has 0 amide bonds. The van der Waals surface area contributed by atoms with Crippen LogP contribution in [0.15, 0.2) is 174 Å². The van der Waals surface area contributed by atoms with Crippen molar-refractivity contribution in [2.45, 2.75) is 0 Å². The summed E-state index contributed by atoms with van der Waals surface area (Å²) in [5, 5.41) is 8.05. The van der Waals surface area contributed by atoms with E-state index in [1.165, 1.54) is 42.9 Å². The third-order valence-corrected chi connectivity index (χ3v) is 11.4. The predicted molar refractivity (Wildman–Crippen MR) is 219 cm³/mol. The van der Waals surface area contributed by atoms with Crippen LogP contribution in [0.25, 0.3) is 109 Å². The lowest BCUT2D eigenvalue weighted by Crippen LogP contribution is -1.94. The molecule has 3 aromatic heterocycles. The van der Waals surface area contributed by atoms with Gasteiger partial charge in [-0.05, 0) is 86.3 Å². The Labute approximate surface area is 303 Å². The Hall–Kier alpha value is -6.62. The summed E-state index contributed by atoms with van der Waals surface area (Å²) in [6.45, 7) is 0. The van der Waals surface area contributed by atoms with Gasteiger partial charge in [0.1, 0.15) is 11.2 Å². The summed E-state index contributed by atoms with van der Waals surface area (Å²) in [6.07, 6.45) is 0. The third kappa shape index (κ3) is 4.65. The Balaban J connectivity index is 1.12. The first-order valence-corrected chi connectivity index (χ1v) is 18.3. The van der Waals surface area contributed by atoms with Gasteiger partial charge in [-0.25, -0.2) is 9.97 Å². The largest absolute Gasteiger partial charge is 0.456 e. The standard InChI is InChI=1S/C48H28N2OS/c1-2-9-29(10-3-1)32-19-20-35-27-37(22-21-33(35)26-32)45-47-46(38-13-6-7-16-43(38)52-47)50-48(49-45)39-14-8-15-42-44(39)40-28-36(23-24-41(40)51-42)34-18-17-30-11-4-5-12-31(30)25-34/h1-28H.